The van der Waals surface area contributed by atoms with Gasteiger partial charge in [-0.05, 0) is 45.7 Å². The van der Waals surface area contributed by atoms with Crippen LogP contribution < -0.4 is 10.6 Å². The Balaban J connectivity index is 1.11. The number of amides is 3. The van der Waals surface area contributed by atoms with Crippen molar-refractivity contribution in [2.45, 2.75) is 101 Å². The minimum absolute atomic E-state index is 0.0220. The summed E-state index contributed by atoms with van der Waals surface area (Å²) in [6, 6.07) is 6.14. The van der Waals surface area contributed by atoms with Crippen LogP contribution in [0.4, 0.5) is 0 Å². The number of hydrogen-bond acceptors (Lipinski definition) is 13. The van der Waals surface area contributed by atoms with E-state index in [0.717, 1.165) is 6.92 Å². The van der Waals surface area contributed by atoms with E-state index in [1.165, 1.54) is 48.5 Å². The van der Waals surface area contributed by atoms with Crippen LogP contribution in [0.1, 0.15) is 106 Å². The minimum atomic E-state index is -2.11. The van der Waals surface area contributed by atoms with Crippen LogP contribution in [0.15, 0.2) is 48.8 Å². The number of phenolic OH excluding ortho intramolecular Hbond substituents is 2. The van der Waals surface area contributed by atoms with Crippen molar-refractivity contribution in [2.24, 2.45) is 0 Å². The Hall–Kier alpha value is -5.55. The lowest BCUT2D eigenvalue weighted by atomic mass is 9.72. The molecule has 16 heteroatoms. The third-order valence-corrected chi connectivity index (χ3v) is 11.3. The van der Waals surface area contributed by atoms with E-state index < -0.39 is 119 Å². The van der Waals surface area contributed by atoms with Crippen LogP contribution in [0.2, 0.25) is 0 Å². The van der Waals surface area contributed by atoms with E-state index in [-0.39, 0.29) is 35.2 Å². The van der Waals surface area contributed by atoms with Gasteiger partial charge in [-0.3, -0.25) is 33.8 Å². The molecule has 2 aliphatic carbocycles. The SMILES string of the molecule is CC(=O)[C@]1(O)Cc2c(O)c3c(c(O)c2[C@@H](O[C@H]2C[C@H](NC(=O)[C@H]4CCCN4C(=O)C(C)NC(=O)c4ccncc4)[C@H](O)[C@H](C)O2)C1)C(=O)c1ccccc1C3=O. The van der Waals surface area contributed by atoms with Crippen molar-refractivity contribution in [2.75, 3.05) is 6.54 Å². The van der Waals surface area contributed by atoms with Crippen LogP contribution in [0.5, 0.6) is 11.5 Å². The predicted octanol–water partition coefficient (Wildman–Crippen LogP) is 1.38. The number of ketones is 3. The number of fused-ring (bicyclic) bond motifs is 3. The highest BCUT2D eigenvalue weighted by Crippen LogP contribution is 2.52. The highest BCUT2D eigenvalue weighted by molar-refractivity contribution is 6.30. The number of carbonyl (C=O) groups excluding carboxylic acids is 6. The largest absolute Gasteiger partial charge is 0.507 e. The molecule has 2 fully saturated rings. The number of rotatable bonds is 8. The molecular weight excluding hydrogens is 728 g/mol. The fraction of sp³-hybridized carbons (Fsp3) is 0.425. The number of aromatic nitrogens is 1. The number of carbonyl (C=O) groups is 6. The molecule has 1 aromatic heterocycles. The Labute approximate surface area is 320 Å². The summed E-state index contributed by atoms with van der Waals surface area (Å²) < 4.78 is 12.3. The number of aliphatic hydroxyl groups is 2. The molecule has 3 amide bonds. The van der Waals surface area contributed by atoms with E-state index in [4.69, 9.17) is 9.47 Å². The lowest BCUT2D eigenvalue weighted by Gasteiger charge is -2.43. The molecule has 3 heterocycles. The molecule has 2 aliphatic heterocycles. The molecule has 56 heavy (non-hydrogen) atoms. The molecule has 3 aromatic rings. The predicted molar refractivity (Wildman–Crippen MR) is 194 cm³/mol. The van der Waals surface area contributed by atoms with Crippen LogP contribution in [0.25, 0.3) is 0 Å². The van der Waals surface area contributed by atoms with Crippen LogP contribution in [0.3, 0.4) is 0 Å². The molecule has 7 rings (SSSR count). The van der Waals surface area contributed by atoms with Crippen molar-refractivity contribution >= 4 is 35.1 Å². The van der Waals surface area contributed by atoms with E-state index in [1.807, 2.05) is 0 Å². The van der Waals surface area contributed by atoms with Gasteiger partial charge in [0.15, 0.2) is 23.6 Å². The Morgan fingerprint density at radius 1 is 1.02 bits per heavy atom. The summed E-state index contributed by atoms with van der Waals surface area (Å²) in [4.78, 5) is 85.2. The lowest BCUT2D eigenvalue weighted by molar-refractivity contribution is -0.249. The highest BCUT2D eigenvalue weighted by atomic mass is 16.7. The average molecular weight is 771 g/mol. The number of Topliss-reactive ketones (excluding diaryl/α,β-unsaturated/α-hetero) is 1. The van der Waals surface area contributed by atoms with Crippen molar-refractivity contribution in [1.29, 1.82) is 0 Å². The van der Waals surface area contributed by atoms with Gasteiger partial charge < -0.3 is 45.4 Å². The maximum absolute atomic E-state index is 13.7. The molecule has 2 saturated heterocycles. The van der Waals surface area contributed by atoms with Gasteiger partial charge in [0.05, 0.1) is 29.4 Å². The smallest absolute Gasteiger partial charge is 0.252 e. The van der Waals surface area contributed by atoms with Gasteiger partial charge in [0.25, 0.3) is 5.91 Å². The molecule has 4 aliphatic rings. The number of aliphatic hydroxyl groups excluding tert-OH is 1. The van der Waals surface area contributed by atoms with Gasteiger partial charge in [-0.1, -0.05) is 24.3 Å². The van der Waals surface area contributed by atoms with Crippen LogP contribution >= 0.6 is 0 Å². The van der Waals surface area contributed by atoms with Crippen molar-refractivity contribution in [3.8, 4) is 11.5 Å². The molecule has 2 aromatic carbocycles. The normalized spacial score (nSPS) is 27.4. The zero-order chi connectivity index (χ0) is 40.2. The number of benzene rings is 2. The summed E-state index contributed by atoms with van der Waals surface area (Å²) in [6.07, 6.45) is -2.09. The minimum Gasteiger partial charge on any atom is -0.507 e. The van der Waals surface area contributed by atoms with E-state index in [2.05, 4.69) is 15.6 Å². The summed E-state index contributed by atoms with van der Waals surface area (Å²) in [5, 5.41) is 51.4. The number of ether oxygens (including phenoxy) is 2. The van der Waals surface area contributed by atoms with E-state index >= 15 is 0 Å². The standard InChI is InChI=1S/C40H42N4O12/c1-18(42-37(51)21-10-12-41-13-11-21)39(53)44-14-6-9-26(44)38(52)43-25-15-28(55-19(2)32(25)46)56-27-17-40(54,20(3)45)16-24-29(27)36(50)31-30(35(24)49)33(47)22-7-4-5-8-23(22)34(31)48/h4-5,7-8,10-13,18-19,25-28,32,46,49-50,54H,6,9,14-17H2,1-3H3,(H,42,51)(H,43,52)/t18?,19-,25-,26+,27-,28-,32+,40-/m0/s1. The molecule has 0 radical (unpaired) electrons. The monoisotopic (exact) mass is 770 g/mol. The van der Waals surface area contributed by atoms with Gasteiger partial charge in [0, 0.05) is 66.0 Å². The fourth-order valence-corrected chi connectivity index (χ4v) is 8.21. The third-order valence-electron chi connectivity index (χ3n) is 11.3. The zero-order valence-electron chi connectivity index (χ0n) is 30.9. The first-order valence-corrected chi connectivity index (χ1v) is 18.4. The van der Waals surface area contributed by atoms with Gasteiger partial charge in [0.1, 0.15) is 35.3 Å². The van der Waals surface area contributed by atoms with Crippen LogP contribution in [-0.2, 0) is 30.3 Å². The van der Waals surface area contributed by atoms with Crippen molar-refractivity contribution in [1.82, 2.24) is 20.5 Å². The second kappa shape index (κ2) is 14.8. The summed E-state index contributed by atoms with van der Waals surface area (Å²) in [5.41, 5.74) is -2.90. The summed E-state index contributed by atoms with van der Waals surface area (Å²) in [6.45, 7) is 4.48. The number of nitrogens with zero attached hydrogens (tertiary/aromatic N) is 2. The lowest BCUT2D eigenvalue weighted by Crippen LogP contribution is -2.59. The number of pyridine rings is 1. The van der Waals surface area contributed by atoms with Crippen molar-refractivity contribution < 1.29 is 58.7 Å². The van der Waals surface area contributed by atoms with E-state index in [0.29, 0.717) is 18.4 Å². The van der Waals surface area contributed by atoms with Gasteiger partial charge in [-0.25, -0.2) is 0 Å². The number of aromatic hydroxyl groups is 2. The number of hydrogen-bond donors (Lipinski definition) is 6. The number of nitrogens with one attached hydrogen (secondary N) is 2. The van der Waals surface area contributed by atoms with Gasteiger partial charge in [0.2, 0.25) is 11.8 Å². The molecule has 294 valence electrons. The Kier molecular flexibility index (Phi) is 10.3. The molecule has 6 N–H and O–H groups in total. The van der Waals surface area contributed by atoms with Crippen molar-refractivity contribution in [3.63, 3.8) is 0 Å². The van der Waals surface area contributed by atoms with Gasteiger partial charge in [-0.2, -0.15) is 0 Å². The maximum atomic E-state index is 13.7. The molecule has 1 unspecified atom stereocenters. The van der Waals surface area contributed by atoms with E-state index in [9.17, 15) is 49.2 Å². The summed E-state index contributed by atoms with van der Waals surface area (Å²) in [7, 11) is 0. The first-order chi connectivity index (χ1) is 26.6. The molecule has 8 atom stereocenters. The Morgan fingerprint density at radius 3 is 2.30 bits per heavy atom. The Bertz CT molecular complexity index is 2140. The molecule has 0 saturated carbocycles. The first-order valence-electron chi connectivity index (χ1n) is 18.4. The molecule has 16 nitrogen and oxygen atoms in total. The molecule has 0 spiro atoms. The summed E-state index contributed by atoms with van der Waals surface area (Å²) in [5.74, 6) is -4.92. The van der Waals surface area contributed by atoms with Crippen LogP contribution in [-0.4, -0.2) is 114 Å². The first kappa shape index (κ1) is 38.7. The van der Waals surface area contributed by atoms with Crippen molar-refractivity contribution in [3.05, 3.63) is 87.7 Å². The van der Waals surface area contributed by atoms with Gasteiger partial charge in [-0.15, -0.1) is 0 Å². The second-order valence-corrected chi connectivity index (χ2v) is 14.9. The third kappa shape index (κ3) is 6.72. The second-order valence-electron chi connectivity index (χ2n) is 14.9. The average Bonchev–Trinajstić information content (AvgIpc) is 3.67. The number of phenols is 2. The topological polar surface area (TPSA) is 242 Å². The zero-order valence-corrected chi connectivity index (χ0v) is 30.9. The maximum Gasteiger partial charge on any atom is 0.252 e. The highest BCUT2D eigenvalue weighted by Gasteiger charge is 2.50. The number of likely N-dealkylation sites (tertiary alicyclic amines) is 1. The summed E-state index contributed by atoms with van der Waals surface area (Å²) >= 11 is 0. The van der Waals surface area contributed by atoms with E-state index in [1.54, 1.807) is 19.1 Å². The van der Waals surface area contributed by atoms with Crippen LogP contribution in [0, 0.1) is 0 Å². The molecular formula is C40H42N4O12. The fourth-order valence-electron chi connectivity index (χ4n) is 8.21. The Morgan fingerprint density at radius 2 is 1.66 bits per heavy atom. The molecule has 0 bridgehead atoms. The van der Waals surface area contributed by atoms with Gasteiger partial charge >= 0.3 is 0 Å². The quantitative estimate of drug-likeness (QED) is 0.139.